The Labute approximate surface area is 185 Å². The average molecular weight is 419 g/mol. The lowest BCUT2D eigenvalue weighted by atomic mass is 10.0. The number of aryl methyl sites for hydroxylation is 2. The third-order valence-corrected chi connectivity index (χ3v) is 6.73. The number of amides is 1. The van der Waals surface area contributed by atoms with Crippen molar-refractivity contribution in [3.63, 3.8) is 0 Å². The zero-order chi connectivity index (χ0) is 22.1. The summed E-state index contributed by atoms with van der Waals surface area (Å²) in [6, 6.07) is 15.4. The lowest BCUT2D eigenvalue weighted by Gasteiger charge is -2.38. The van der Waals surface area contributed by atoms with Gasteiger partial charge < -0.3 is 14.4 Å². The first-order valence-corrected chi connectivity index (χ1v) is 11.4. The Kier molecular flexibility index (Phi) is 6.15. The van der Waals surface area contributed by atoms with Crippen LogP contribution in [0.2, 0.25) is 0 Å². The van der Waals surface area contributed by atoms with Crippen LogP contribution in [0.4, 0.5) is 0 Å². The van der Waals surface area contributed by atoms with Gasteiger partial charge in [-0.1, -0.05) is 18.2 Å². The number of aromatic nitrogens is 2. The van der Waals surface area contributed by atoms with Gasteiger partial charge in [-0.15, -0.1) is 0 Å². The summed E-state index contributed by atoms with van der Waals surface area (Å²) >= 11 is 0. The second-order valence-corrected chi connectivity index (χ2v) is 9.21. The number of rotatable bonds is 5. The molecule has 2 heterocycles. The number of carbonyl (C=O) groups is 1. The van der Waals surface area contributed by atoms with Gasteiger partial charge in [0.15, 0.2) is 0 Å². The highest BCUT2D eigenvalue weighted by Gasteiger charge is 2.26. The Morgan fingerprint density at radius 2 is 1.77 bits per heavy atom. The summed E-state index contributed by atoms with van der Waals surface area (Å²) in [5.74, 6) is 1.13. The molecule has 0 bridgehead atoms. The van der Waals surface area contributed by atoms with Crippen molar-refractivity contribution in [2.45, 2.75) is 59.2 Å². The fourth-order valence-corrected chi connectivity index (χ4v) is 4.65. The molecule has 1 aliphatic heterocycles. The SMILES string of the molecule is Cc1ccc2c(c1)nc(C)n2Cc1ccc(C(=O)N(C)C2CCN(C(C)C)CC2)cc1. The van der Waals surface area contributed by atoms with Crippen LogP contribution in [0.25, 0.3) is 11.0 Å². The highest BCUT2D eigenvalue weighted by molar-refractivity contribution is 5.94. The minimum Gasteiger partial charge on any atom is -0.339 e. The highest BCUT2D eigenvalue weighted by Crippen LogP contribution is 2.21. The molecule has 0 unspecified atom stereocenters. The Morgan fingerprint density at radius 1 is 1.10 bits per heavy atom. The van der Waals surface area contributed by atoms with Gasteiger partial charge in [-0.25, -0.2) is 4.98 Å². The van der Waals surface area contributed by atoms with Gasteiger partial charge >= 0.3 is 0 Å². The van der Waals surface area contributed by atoms with E-state index in [1.54, 1.807) is 0 Å². The molecule has 31 heavy (non-hydrogen) atoms. The number of fused-ring (bicyclic) bond motifs is 1. The predicted molar refractivity (Wildman–Crippen MR) is 127 cm³/mol. The van der Waals surface area contributed by atoms with Crippen LogP contribution in [-0.4, -0.2) is 57.5 Å². The first kappa shape index (κ1) is 21.6. The molecular weight excluding hydrogens is 384 g/mol. The molecule has 0 spiro atoms. The lowest BCUT2D eigenvalue weighted by Crippen LogP contribution is -2.47. The van der Waals surface area contributed by atoms with Crippen molar-refractivity contribution in [2.75, 3.05) is 20.1 Å². The summed E-state index contributed by atoms with van der Waals surface area (Å²) in [5, 5.41) is 0. The Balaban J connectivity index is 1.44. The zero-order valence-corrected chi connectivity index (χ0v) is 19.4. The largest absolute Gasteiger partial charge is 0.339 e. The monoisotopic (exact) mass is 418 g/mol. The van der Waals surface area contributed by atoms with E-state index in [0.717, 1.165) is 54.9 Å². The summed E-state index contributed by atoms with van der Waals surface area (Å²) in [5.41, 5.74) is 5.34. The van der Waals surface area contributed by atoms with Gasteiger partial charge in [-0.05, 0) is 75.9 Å². The van der Waals surface area contributed by atoms with Crippen LogP contribution in [0.5, 0.6) is 0 Å². The second kappa shape index (κ2) is 8.83. The molecule has 0 aliphatic carbocycles. The third-order valence-electron chi connectivity index (χ3n) is 6.73. The van der Waals surface area contributed by atoms with E-state index in [1.165, 1.54) is 11.1 Å². The van der Waals surface area contributed by atoms with Crippen LogP contribution in [-0.2, 0) is 6.54 Å². The maximum Gasteiger partial charge on any atom is 0.253 e. The van der Waals surface area contributed by atoms with Crippen LogP contribution in [0.3, 0.4) is 0 Å². The van der Waals surface area contributed by atoms with E-state index in [0.29, 0.717) is 12.1 Å². The molecule has 3 aromatic rings. The molecule has 1 fully saturated rings. The number of imidazole rings is 1. The van der Waals surface area contributed by atoms with Crippen LogP contribution in [0.15, 0.2) is 42.5 Å². The first-order chi connectivity index (χ1) is 14.8. The fourth-order valence-electron chi connectivity index (χ4n) is 4.65. The molecule has 5 nitrogen and oxygen atoms in total. The summed E-state index contributed by atoms with van der Waals surface area (Å²) in [7, 11) is 1.95. The molecule has 0 radical (unpaired) electrons. The van der Waals surface area contributed by atoms with E-state index in [9.17, 15) is 4.79 Å². The van der Waals surface area contributed by atoms with Crippen molar-refractivity contribution >= 4 is 16.9 Å². The Bertz CT molecular complexity index is 1060. The topological polar surface area (TPSA) is 41.4 Å². The van der Waals surface area contributed by atoms with Gasteiger partial charge in [0.05, 0.1) is 11.0 Å². The minimum atomic E-state index is 0.120. The molecule has 1 amide bonds. The van der Waals surface area contributed by atoms with Crippen molar-refractivity contribution in [3.8, 4) is 0 Å². The van der Waals surface area contributed by atoms with Crippen molar-refractivity contribution in [1.29, 1.82) is 0 Å². The standard InChI is InChI=1S/C26H34N4O/c1-18(2)29-14-12-23(13-15-29)28(5)26(31)22-9-7-21(8-10-22)17-30-20(4)27-24-16-19(3)6-11-25(24)30/h6-11,16,18,23H,12-15,17H2,1-5H3. The maximum atomic E-state index is 13.0. The molecule has 0 atom stereocenters. The highest BCUT2D eigenvalue weighted by atomic mass is 16.2. The molecule has 4 rings (SSSR count). The maximum absolute atomic E-state index is 13.0. The second-order valence-electron chi connectivity index (χ2n) is 9.21. The fraction of sp³-hybridized carbons (Fsp3) is 0.462. The third kappa shape index (κ3) is 4.52. The number of piperidine rings is 1. The van der Waals surface area contributed by atoms with E-state index in [-0.39, 0.29) is 5.91 Å². The smallest absolute Gasteiger partial charge is 0.253 e. The van der Waals surface area contributed by atoms with Crippen LogP contribution >= 0.6 is 0 Å². The van der Waals surface area contributed by atoms with Gasteiger partial charge in [0, 0.05) is 44.3 Å². The summed E-state index contributed by atoms with van der Waals surface area (Å²) in [4.78, 5) is 22.2. The van der Waals surface area contributed by atoms with Crippen LogP contribution < -0.4 is 0 Å². The number of hydrogen-bond donors (Lipinski definition) is 0. The van der Waals surface area contributed by atoms with E-state index >= 15 is 0 Å². The number of carbonyl (C=O) groups excluding carboxylic acids is 1. The quantitative estimate of drug-likeness (QED) is 0.606. The van der Waals surface area contributed by atoms with Gasteiger partial charge in [-0.3, -0.25) is 4.79 Å². The van der Waals surface area contributed by atoms with Gasteiger partial charge in [0.2, 0.25) is 0 Å². The molecule has 2 aromatic carbocycles. The van der Waals surface area contributed by atoms with E-state index in [2.05, 4.69) is 60.6 Å². The van der Waals surface area contributed by atoms with Crippen molar-refractivity contribution in [3.05, 3.63) is 65.0 Å². The molecule has 1 aliphatic rings. The van der Waals surface area contributed by atoms with Gasteiger partial charge in [-0.2, -0.15) is 0 Å². The van der Waals surface area contributed by atoms with E-state index in [4.69, 9.17) is 4.98 Å². The summed E-state index contributed by atoms with van der Waals surface area (Å²) in [6.45, 7) is 11.5. The Morgan fingerprint density at radius 3 is 2.42 bits per heavy atom. The van der Waals surface area contributed by atoms with Gasteiger partial charge in [0.1, 0.15) is 5.82 Å². The number of hydrogen-bond acceptors (Lipinski definition) is 3. The van der Waals surface area contributed by atoms with E-state index in [1.807, 2.05) is 31.0 Å². The Hall–Kier alpha value is -2.66. The molecule has 0 saturated carbocycles. The molecule has 1 aromatic heterocycles. The van der Waals surface area contributed by atoms with Crippen molar-refractivity contribution < 1.29 is 4.79 Å². The number of nitrogens with zero attached hydrogens (tertiary/aromatic N) is 4. The molecular formula is C26H34N4O. The molecule has 164 valence electrons. The molecule has 0 N–H and O–H groups in total. The summed E-state index contributed by atoms with van der Waals surface area (Å²) < 4.78 is 2.24. The zero-order valence-electron chi connectivity index (χ0n) is 19.4. The predicted octanol–water partition coefficient (Wildman–Crippen LogP) is 4.65. The minimum absolute atomic E-state index is 0.120. The van der Waals surface area contributed by atoms with Crippen LogP contribution in [0, 0.1) is 13.8 Å². The number of benzene rings is 2. The van der Waals surface area contributed by atoms with Crippen molar-refractivity contribution in [1.82, 2.24) is 19.4 Å². The van der Waals surface area contributed by atoms with E-state index < -0.39 is 0 Å². The van der Waals surface area contributed by atoms with Crippen molar-refractivity contribution in [2.24, 2.45) is 0 Å². The summed E-state index contributed by atoms with van der Waals surface area (Å²) in [6.07, 6.45) is 2.09. The first-order valence-electron chi connectivity index (χ1n) is 11.4. The number of likely N-dealkylation sites (tertiary alicyclic amines) is 1. The lowest BCUT2D eigenvalue weighted by molar-refractivity contribution is 0.0615. The van der Waals surface area contributed by atoms with Crippen LogP contribution in [0.1, 0.15) is 54.0 Å². The normalized spacial score (nSPS) is 15.7. The molecule has 5 heteroatoms. The average Bonchev–Trinajstić information content (AvgIpc) is 3.07. The van der Waals surface area contributed by atoms with Gasteiger partial charge in [0.25, 0.3) is 5.91 Å². The molecule has 1 saturated heterocycles.